The molecule has 0 amide bonds. The van der Waals surface area contributed by atoms with E-state index in [1.165, 1.54) is 30.2 Å². The zero-order valence-electron chi connectivity index (χ0n) is 17.2. The molecule has 0 aliphatic carbocycles. The number of aliphatic hydroxyl groups is 1. The van der Waals surface area contributed by atoms with Crippen LogP contribution in [-0.4, -0.2) is 59.9 Å². The summed E-state index contributed by atoms with van der Waals surface area (Å²) in [5.41, 5.74) is -0.0392. The third-order valence-corrected chi connectivity index (χ3v) is 6.76. The fourth-order valence-corrected chi connectivity index (χ4v) is 5.08. The van der Waals surface area contributed by atoms with E-state index in [4.69, 9.17) is 16.7 Å². The molecular weight excluding hydrogens is 457 g/mol. The molecule has 2 N–H and O–H groups in total. The van der Waals surface area contributed by atoms with Crippen molar-refractivity contribution in [3.63, 3.8) is 0 Å². The van der Waals surface area contributed by atoms with Crippen molar-refractivity contribution in [1.29, 1.82) is 0 Å². The summed E-state index contributed by atoms with van der Waals surface area (Å²) >= 11 is 7.59. The molecule has 7 nitrogen and oxygen atoms in total. The molecule has 2 rings (SSSR count). The van der Waals surface area contributed by atoms with E-state index in [0.717, 1.165) is 18.7 Å². The van der Waals surface area contributed by atoms with Crippen LogP contribution in [0.2, 0.25) is 5.02 Å². The summed E-state index contributed by atoms with van der Waals surface area (Å²) in [6, 6.07) is 3.17. The van der Waals surface area contributed by atoms with Crippen LogP contribution in [0, 0.1) is 6.92 Å². The zero-order chi connectivity index (χ0) is 21.5. The second-order valence-corrected chi connectivity index (χ2v) is 10.0. The van der Waals surface area contributed by atoms with Crippen molar-refractivity contribution >= 4 is 45.8 Å². The van der Waals surface area contributed by atoms with Gasteiger partial charge in [0.15, 0.2) is 0 Å². The summed E-state index contributed by atoms with van der Waals surface area (Å²) in [5.74, 6) is 0.752. The topological polar surface area (TPSA) is 95.4 Å². The van der Waals surface area contributed by atoms with Gasteiger partial charge in [-0.1, -0.05) is 11.6 Å². The number of nitrogens with zero attached hydrogens (tertiary/aromatic N) is 2. The number of thioether (sulfide) groups is 1. The van der Waals surface area contributed by atoms with Crippen molar-refractivity contribution in [2.45, 2.75) is 43.1 Å². The van der Waals surface area contributed by atoms with Gasteiger partial charge in [-0.15, -0.1) is 24.2 Å². The van der Waals surface area contributed by atoms with Crippen LogP contribution in [0.4, 0.5) is 0 Å². The van der Waals surface area contributed by atoms with Crippen LogP contribution in [0.15, 0.2) is 39.1 Å². The summed E-state index contributed by atoms with van der Waals surface area (Å²) < 4.78 is 26.3. The molecule has 0 aliphatic rings. The number of hydrogen-bond acceptors (Lipinski definition) is 6. The Morgan fingerprint density at radius 3 is 2.38 bits per heavy atom. The molecule has 1 aromatic heterocycles. The summed E-state index contributed by atoms with van der Waals surface area (Å²) in [5, 5.41) is 8.56. The van der Waals surface area contributed by atoms with Crippen molar-refractivity contribution < 1.29 is 13.5 Å². The van der Waals surface area contributed by atoms with E-state index in [1.54, 1.807) is 26.8 Å². The molecule has 0 saturated heterocycles. The van der Waals surface area contributed by atoms with E-state index in [-0.39, 0.29) is 23.4 Å². The maximum Gasteiger partial charge on any atom is 0.339 e. The lowest BCUT2D eigenvalue weighted by atomic mass is 10.2. The summed E-state index contributed by atoms with van der Waals surface area (Å²) in [4.78, 5) is 16.8. The van der Waals surface area contributed by atoms with Gasteiger partial charge in [0.05, 0.1) is 0 Å². The molecular formula is C18H29Cl2N3O4S2. The van der Waals surface area contributed by atoms with E-state index in [1.807, 2.05) is 14.1 Å². The lowest BCUT2D eigenvalue weighted by Crippen LogP contribution is -2.25. The normalized spacial score (nSPS) is 11.2. The third kappa shape index (κ3) is 8.74. The molecule has 0 spiro atoms. The molecule has 0 aliphatic heterocycles. The van der Waals surface area contributed by atoms with E-state index in [2.05, 4.69) is 9.88 Å². The first-order valence-electron chi connectivity index (χ1n) is 8.74. The van der Waals surface area contributed by atoms with Crippen molar-refractivity contribution in [1.82, 2.24) is 13.9 Å². The molecule has 166 valence electrons. The van der Waals surface area contributed by atoms with Gasteiger partial charge >= 0.3 is 5.69 Å². The Labute approximate surface area is 187 Å². The molecule has 0 fully saturated rings. The van der Waals surface area contributed by atoms with Gasteiger partial charge in [0.25, 0.3) is 10.0 Å². The highest BCUT2D eigenvalue weighted by atomic mass is 35.5. The van der Waals surface area contributed by atoms with Crippen LogP contribution in [0.5, 0.6) is 0 Å². The minimum Gasteiger partial charge on any atom is -0.394 e. The number of aromatic amines is 1. The Hall–Kier alpha value is -0.970. The highest BCUT2D eigenvalue weighted by Crippen LogP contribution is 2.33. The number of aliphatic hydroxyl groups excluding tert-OH is 1. The first-order chi connectivity index (χ1) is 13.0. The van der Waals surface area contributed by atoms with Gasteiger partial charge in [0.2, 0.25) is 0 Å². The van der Waals surface area contributed by atoms with Crippen LogP contribution in [0.1, 0.15) is 25.8 Å². The average molecular weight is 486 g/mol. The van der Waals surface area contributed by atoms with Crippen LogP contribution >= 0.6 is 35.8 Å². The van der Waals surface area contributed by atoms with E-state index < -0.39 is 15.7 Å². The minimum atomic E-state index is -3.97. The van der Waals surface area contributed by atoms with E-state index >= 15 is 0 Å². The molecule has 11 heteroatoms. The largest absolute Gasteiger partial charge is 0.394 e. The van der Waals surface area contributed by atoms with Crippen LogP contribution in [-0.2, 0) is 10.0 Å². The number of rotatable bonds is 7. The van der Waals surface area contributed by atoms with E-state index in [0.29, 0.717) is 19.5 Å². The molecule has 0 atom stereocenters. The molecule has 1 aromatic carbocycles. The molecule has 0 radical (unpaired) electrons. The second-order valence-electron chi connectivity index (χ2n) is 6.71. The Balaban J connectivity index is 0.00000143. The highest BCUT2D eigenvalue weighted by Gasteiger charge is 2.24. The summed E-state index contributed by atoms with van der Waals surface area (Å²) in [6.07, 6.45) is 3.25. The maximum absolute atomic E-state index is 12.8. The first-order valence-corrected chi connectivity index (χ1v) is 11.5. The Morgan fingerprint density at radius 1 is 1.31 bits per heavy atom. The fourth-order valence-electron chi connectivity index (χ4n) is 2.12. The molecule has 0 unspecified atom stereocenters. The highest BCUT2D eigenvalue weighted by molar-refractivity contribution is 8.00. The van der Waals surface area contributed by atoms with E-state index in [9.17, 15) is 13.2 Å². The Kier molecular flexibility index (Phi) is 12.2. The fraction of sp³-hybridized carbons (Fsp3) is 0.500. The lowest BCUT2D eigenvalue weighted by molar-refractivity contribution is 0.216. The molecule has 29 heavy (non-hydrogen) atoms. The molecule has 1 heterocycles. The van der Waals surface area contributed by atoms with Gasteiger partial charge in [0.1, 0.15) is 4.90 Å². The zero-order valence-corrected chi connectivity index (χ0v) is 20.4. The predicted molar refractivity (Wildman–Crippen MR) is 122 cm³/mol. The minimum absolute atomic E-state index is 0. The van der Waals surface area contributed by atoms with Gasteiger partial charge in [-0.25, -0.2) is 13.2 Å². The van der Waals surface area contributed by atoms with Crippen molar-refractivity contribution in [3.05, 3.63) is 45.6 Å². The predicted octanol–water partition coefficient (Wildman–Crippen LogP) is 3.23. The number of imidazole rings is 1. The number of hydrogen-bond donors (Lipinski definition) is 2. The number of aromatic nitrogens is 2. The summed E-state index contributed by atoms with van der Waals surface area (Å²) in [7, 11) is 0.00876. The smallest absolute Gasteiger partial charge is 0.339 e. The number of benzene rings is 1. The number of aryl methyl sites for hydroxylation is 1. The maximum atomic E-state index is 12.8. The molecule has 0 saturated carbocycles. The van der Waals surface area contributed by atoms with Gasteiger partial charge in [0, 0.05) is 28.4 Å². The van der Waals surface area contributed by atoms with Crippen molar-refractivity contribution in [3.8, 4) is 0 Å². The van der Waals surface area contributed by atoms with Crippen LogP contribution < -0.4 is 5.69 Å². The number of nitrogens with one attached hydrogen (secondary N) is 1. The molecule has 0 bridgehead atoms. The Bertz CT molecular complexity index is 923. The Morgan fingerprint density at radius 2 is 1.90 bits per heavy atom. The van der Waals surface area contributed by atoms with Crippen LogP contribution in [0.3, 0.4) is 0 Å². The first kappa shape index (κ1) is 28.0. The monoisotopic (exact) mass is 485 g/mol. The third-order valence-electron chi connectivity index (χ3n) is 3.39. The van der Waals surface area contributed by atoms with Crippen molar-refractivity contribution in [2.75, 3.05) is 26.4 Å². The number of halogens is 2. The van der Waals surface area contributed by atoms with Gasteiger partial charge in [-0.2, -0.15) is 3.97 Å². The van der Waals surface area contributed by atoms with Gasteiger partial charge in [-0.05, 0) is 71.3 Å². The molecule has 2 aromatic rings. The van der Waals surface area contributed by atoms with Crippen LogP contribution in [0.25, 0.3) is 0 Å². The van der Waals surface area contributed by atoms with Crippen molar-refractivity contribution in [2.24, 2.45) is 0 Å². The average Bonchev–Trinajstić information content (AvgIpc) is 3.00. The van der Waals surface area contributed by atoms with Gasteiger partial charge in [-0.3, -0.25) is 0 Å². The lowest BCUT2D eigenvalue weighted by Gasteiger charge is -2.13. The SMILES string of the molecule is CC(C)O.Cc1cc(S(=O)(=O)n2cc[nH]c2=O)c(SCCCN(C)C)cc1Cl.Cl. The standard InChI is InChI=1S/C15H20ClN3O3S2.C3H8O.ClH/c1-11-9-14(24(21,22)19-7-5-17-15(19)20)13(10-12(11)16)23-8-4-6-18(2)3;1-3(2)4;/h5,7,9-10H,4,6,8H2,1-3H3,(H,17,20);3-4H,1-2H3;1H. The van der Waals surface area contributed by atoms with Gasteiger partial charge < -0.3 is 15.0 Å². The second kappa shape index (κ2) is 12.7. The summed E-state index contributed by atoms with van der Waals surface area (Å²) in [6.45, 7) is 6.09. The quantitative estimate of drug-likeness (QED) is 0.461. The number of H-pyrrole nitrogens is 1.